The highest BCUT2D eigenvalue weighted by Gasteiger charge is 2.06. The van der Waals surface area contributed by atoms with Crippen LogP contribution in [0, 0.1) is 11.8 Å². The van der Waals surface area contributed by atoms with Crippen molar-refractivity contribution in [1.82, 2.24) is 5.32 Å². The average Bonchev–Trinajstić information content (AvgIpc) is 2.49. The Bertz CT molecular complexity index is 421. The molecule has 1 atom stereocenters. The van der Waals surface area contributed by atoms with Crippen LogP contribution in [0.2, 0.25) is 0 Å². The van der Waals surface area contributed by atoms with E-state index in [2.05, 4.69) is 24.5 Å². The van der Waals surface area contributed by atoms with E-state index in [1.807, 2.05) is 20.9 Å². The molecular formula is C18H30N2O2. The molecule has 0 aliphatic heterocycles. The van der Waals surface area contributed by atoms with Gasteiger partial charge in [0, 0.05) is 17.2 Å². The molecule has 1 amide bonds. The number of rotatable bonds is 7. The highest BCUT2D eigenvalue weighted by atomic mass is 16.1. The Morgan fingerprint density at radius 2 is 1.77 bits per heavy atom. The van der Waals surface area contributed by atoms with E-state index in [9.17, 15) is 9.59 Å². The minimum absolute atomic E-state index is 0.0242. The standard InChI is InChI=1S/C11H13NO2.C7H17N/c1-8(2)11(14)12-10-5-3-9(7-13)4-6-10;1-4-5-7(2)6-8-3/h3-8H,1-2H3,(H,12,14);7-8H,4-6H2,1-3H3. The van der Waals surface area contributed by atoms with Gasteiger partial charge in [0.2, 0.25) is 5.91 Å². The number of benzene rings is 1. The summed E-state index contributed by atoms with van der Waals surface area (Å²) in [5.74, 6) is 0.787. The number of hydrogen-bond donors (Lipinski definition) is 2. The predicted molar refractivity (Wildman–Crippen MR) is 93.3 cm³/mol. The molecule has 4 heteroatoms. The topological polar surface area (TPSA) is 58.2 Å². The molecule has 124 valence electrons. The first kappa shape index (κ1) is 20.3. The number of carbonyl (C=O) groups excluding carboxylic acids is 2. The van der Waals surface area contributed by atoms with E-state index in [1.165, 1.54) is 12.8 Å². The van der Waals surface area contributed by atoms with Crippen molar-refractivity contribution in [1.29, 1.82) is 0 Å². The van der Waals surface area contributed by atoms with Crippen molar-refractivity contribution in [2.45, 2.75) is 40.5 Å². The van der Waals surface area contributed by atoms with Crippen LogP contribution in [-0.2, 0) is 4.79 Å². The van der Waals surface area contributed by atoms with Gasteiger partial charge >= 0.3 is 0 Å². The smallest absolute Gasteiger partial charge is 0.226 e. The van der Waals surface area contributed by atoms with Crippen LogP contribution in [-0.4, -0.2) is 25.8 Å². The van der Waals surface area contributed by atoms with Crippen LogP contribution in [0.25, 0.3) is 0 Å². The molecule has 0 aliphatic carbocycles. The number of carbonyl (C=O) groups is 2. The molecular weight excluding hydrogens is 276 g/mol. The summed E-state index contributed by atoms with van der Waals surface area (Å²) >= 11 is 0. The zero-order valence-corrected chi connectivity index (χ0v) is 14.5. The molecule has 0 bridgehead atoms. The van der Waals surface area contributed by atoms with Crippen LogP contribution in [0.5, 0.6) is 0 Å². The normalized spacial score (nSPS) is 11.4. The highest BCUT2D eigenvalue weighted by molar-refractivity contribution is 5.92. The molecule has 1 unspecified atom stereocenters. The maximum absolute atomic E-state index is 11.3. The van der Waals surface area contributed by atoms with Gasteiger partial charge in [-0.3, -0.25) is 9.59 Å². The van der Waals surface area contributed by atoms with Crippen LogP contribution in [0.3, 0.4) is 0 Å². The lowest BCUT2D eigenvalue weighted by molar-refractivity contribution is -0.118. The van der Waals surface area contributed by atoms with Crippen LogP contribution >= 0.6 is 0 Å². The van der Waals surface area contributed by atoms with Crippen molar-refractivity contribution in [3.8, 4) is 0 Å². The molecule has 0 heterocycles. The molecule has 0 aromatic heterocycles. The van der Waals surface area contributed by atoms with E-state index in [-0.39, 0.29) is 11.8 Å². The summed E-state index contributed by atoms with van der Waals surface area (Å²) in [7, 11) is 2.01. The second kappa shape index (κ2) is 11.9. The summed E-state index contributed by atoms with van der Waals surface area (Å²) < 4.78 is 0. The lowest BCUT2D eigenvalue weighted by atomic mass is 10.1. The molecule has 0 fully saturated rings. The molecule has 1 aromatic rings. The van der Waals surface area contributed by atoms with Gasteiger partial charge in [-0.2, -0.15) is 0 Å². The van der Waals surface area contributed by atoms with Crippen molar-refractivity contribution in [3.63, 3.8) is 0 Å². The Morgan fingerprint density at radius 3 is 2.18 bits per heavy atom. The lowest BCUT2D eigenvalue weighted by Crippen LogP contribution is -2.17. The monoisotopic (exact) mass is 306 g/mol. The van der Waals surface area contributed by atoms with Gasteiger partial charge in [-0.05, 0) is 50.2 Å². The Morgan fingerprint density at radius 1 is 1.18 bits per heavy atom. The number of nitrogens with one attached hydrogen (secondary N) is 2. The van der Waals surface area contributed by atoms with Gasteiger partial charge in [-0.15, -0.1) is 0 Å². The van der Waals surface area contributed by atoms with Gasteiger partial charge in [0.25, 0.3) is 0 Å². The molecule has 0 saturated carbocycles. The van der Waals surface area contributed by atoms with E-state index in [1.54, 1.807) is 24.3 Å². The zero-order chi connectivity index (χ0) is 17.0. The lowest BCUT2D eigenvalue weighted by Gasteiger charge is -2.07. The Labute approximate surface area is 134 Å². The molecule has 0 aliphatic rings. The summed E-state index contributed by atoms with van der Waals surface area (Å²) in [6, 6.07) is 6.76. The second-order valence-electron chi connectivity index (χ2n) is 5.84. The fraction of sp³-hybridized carbons (Fsp3) is 0.556. The Balaban J connectivity index is 0.000000472. The summed E-state index contributed by atoms with van der Waals surface area (Å²) in [5, 5.41) is 5.89. The van der Waals surface area contributed by atoms with Crippen LogP contribution in [0.15, 0.2) is 24.3 Å². The summed E-state index contributed by atoms with van der Waals surface area (Å²) in [6.07, 6.45) is 3.43. The quantitative estimate of drug-likeness (QED) is 0.755. The van der Waals surface area contributed by atoms with Gasteiger partial charge in [-0.25, -0.2) is 0 Å². The van der Waals surface area contributed by atoms with Gasteiger partial charge in [-0.1, -0.05) is 34.1 Å². The SMILES string of the molecule is CC(C)C(=O)Nc1ccc(C=O)cc1.CCCC(C)CNC. The summed E-state index contributed by atoms with van der Waals surface area (Å²) in [5.41, 5.74) is 1.32. The third-order valence-corrected chi connectivity index (χ3v) is 3.17. The van der Waals surface area contributed by atoms with Gasteiger partial charge < -0.3 is 10.6 Å². The van der Waals surface area contributed by atoms with Gasteiger partial charge in [0.05, 0.1) is 0 Å². The van der Waals surface area contributed by atoms with Crippen molar-refractivity contribution < 1.29 is 9.59 Å². The van der Waals surface area contributed by atoms with Crippen LogP contribution < -0.4 is 10.6 Å². The van der Waals surface area contributed by atoms with E-state index >= 15 is 0 Å². The van der Waals surface area contributed by atoms with E-state index in [0.29, 0.717) is 11.3 Å². The third-order valence-electron chi connectivity index (χ3n) is 3.17. The first-order chi connectivity index (χ1) is 10.4. The average molecular weight is 306 g/mol. The second-order valence-corrected chi connectivity index (χ2v) is 5.84. The van der Waals surface area contributed by atoms with E-state index in [4.69, 9.17) is 0 Å². The molecule has 4 nitrogen and oxygen atoms in total. The minimum atomic E-state index is -0.0410. The number of hydrogen-bond acceptors (Lipinski definition) is 3. The predicted octanol–water partition coefficient (Wildman–Crippen LogP) is 3.74. The maximum atomic E-state index is 11.3. The number of amides is 1. The summed E-state index contributed by atoms with van der Waals surface area (Å²) in [6.45, 7) is 9.32. The van der Waals surface area contributed by atoms with Gasteiger partial charge in [0.1, 0.15) is 6.29 Å². The molecule has 1 rings (SSSR count). The van der Waals surface area contributed by atoms with Crippen molar-refractivity contribution >= 4 is 17.9 Å². The molecule has 0 spiro atoms. The largest absolute Gasteiger partial charge is 0.326 e. The van der Waals surface area contributed by atoms with Gasteiger partial charge in [0.15, 0.2) is 0 Å². The Hall–Kier alpha value is -1.68. The van der Waals surface area contributed by atoms with Crippen molar-refractivity contribution in [3.05, 3.63) is 29.8 Å². The molecule has 2 N–H and O–H groups in total. The minimum Gasteiger partial charge on any atom is -0.326 e. The number of anilines is 1. The first-order valence-corrected chi connectivity index (χ1v) is 7.95. The van der Waals surface area contributed by atoms with E-state index < -0.39 is 0 Å². The molecule has 0 radical (unpaired) electrons. The molecule has 22 heavy (non-hydrogen) atoms. The van der Waals surface area contributed by atoms with Crippen LogP contribution in [0.4, 0.5) is 5.69 Å². The first-order valence-electron chi connectivity index (χ1n) is 7.95. The highest BCUT2D eigenvalue weighted by Crippen LogP contribution is 2.09. The molecule has 1 aromatic carbocycles. The Kier molecular flexibility index (Phi) is 11.0. The van der Waals surface area contributed by atoms with E-state index in [0.717, 1.165) is 18.7 Å². The fourth-order valence-corrected chi connectivity index (χ4v) is 1.87. The van der Waals surface area contributed by atoms with Crippen molar-refractivity contribution in [2.75, 3.05) is 18.9 Å². The molecule has 0 saturated heterocycles. The zero-order valence-electron chi connectivity index (χ0n) is 14.5. The summed E-state index contributed by atoms with van der Waals surface area (Å²) in [4.78, 5) is 21.6. The number of aldehydes is 1. The van der Waals surface area contributed by atoms with Crippen molar-refractivity contribution in [2.24, 2.45) is 11.8 Å². The van der Waals surface area contributed by atoms with Crippen LogP contribution in [0.1, 0.15) is 50.9 Å². The fourth-order valence-electron chi connectivity index (χ4n) is 1.87. The third kappa shape index (κ3) is 9.29. The maximum Gasteiger partial charge on any atom is 0.226 e.